The number of ether oxygens (including phenoxy) is 2. The molecule has 0 aliphatic carbocycles. The van der Waals surface area contributed by atoms with Crippen LogP contribution in [0.4, 0.5) is 36.1 Å². The molecule has 160 valence electrons. The van der Waals surface area contributed by atoms with Gasteiger partial charge in [0.2, 0.25) is 0 Å². The number of rotatable bonds is 6. The van der Waals surface area contributed by atoms with Crippen molar-refractivity contribution in [2.45, 2.75) is 45.2 Å². The third-order valence-electron chi connectivity index (χ3n) is 3.67. The molecule has 0 fully saturated rings. The maximum Gasteiger partial charge on any atom is 0.439 e. The molecule has 1 aromatic heterocycles. The highest BCUT2D eigenvalue weighted by Crippen LogP contribution is 2.46. The number of carbonyl (C=O) groups excluding carboxylic acids is 2. The Kier molecular flexibility index (Phi) is 7.20. The maximum atomic E-state index is 13.6. The second kappa shape index (κ2) is 8.45. The van der Waals surface area contributed by atoms with Gasteiger partial charge in [0.15, 0.2) is 0 Å². The van der Waals surface area contributed by atoms with Gasteiger partial charge in [-0.05, 0) is 25.8 Å². The largest absolute Gasteiger partial charge is 0.465 e. The maximum absolute atomic E-state index is 13.6. The van der Waals surface area contributed by atoms with Gasteiger partial charge in [-0.2, -0.15) is 26.3 Å². The first-order valence-corrected chi connectivity index (χ1v) is 8.64. The van der Waals surface area contributed by atoms with E-state index in [0.29, 0.717) is 16.2 Å². The lowest BCUT2D eigenvalue weighted by Crippen LogP contribution is -2.72. The summed E-state index contributed by atoms with van der Waals surface area (Å²) < 4.78 is 90.3. The highest BCUT2D eigenvalue weighted by Gasteiger charge is 2.73. The molecular formula is C15H18F6N2O4S. The Hall–Kier alpha value is -2.18. The van der Waals surface area contributed by atoms with Crippen molar-refractivity contribution >= 4 is 28.4 Å². The average Bonchev–Trinajstić information content (AvgIpc) is 2.86. The minimum absolute atomic E-state index is 0.158. The first kappa shape index (κ1) is 23.9. The standard InChI is InChI=1S/C15H18F6N2O4S/c1-5-8-7(3)28-10(9(8)11(24)26-4)22-13(14(16,17)18,15(19,20)21)23-12(25)27-6-2/h22H,5-6H2,1-4H3,(H,23,25). The zero-order chi connectivity index (χ0) is 21.9. The van der Waals surface area contributed by atoms with Crippen LogP contribution in [0.3, 0.4) is 0 Å². The minimum atomic E-state index is -6.03. The first-order valence-electron chi connectivity index (χ1n) is 7.82. The van der Waals surface area contributed by atoms with Gasteiger partial charge >= 0.3 is 30.1 Å². The van der Waals surface area contributed by atoms with Crippen molar-refractivity contribution in [3.63, 3.8) is 0 Å². The summed E-state index contributed by atoms with van der Waals surface area (Å²) in [6.45, 7) is 3.76. The molecule has 0 saturated carbocycles. The molecule has 0 radical (unpaired) electrons. The van der Waals surface area contributed by atoms with Crippen LogP contribution in [0, 0.1) is 6.92 Å². The second-order valence-corrected chi connectivity index (χ2v) is 6.63. The smallest absolute Gasteiger partial charge is 0.439 e. The zero-order valence-corrected chi connectivity index (χ0v) is 16.0. The molecule has 0 spiro atoms. The van der Waals surface area contributed by atoms with E-state index in [4.69, 9.17) is 0 Å². The average molecular weight is 436 g/mol. The summed E-state index contributed by atoms with van der Waals surface area (Å²) in [5, 5.41) is 1.38. The predicted molar refractivity (Wildman–Crippen MR) is 88.4 cm³/mol. The molecule has 28 heavy (non-hydrogen) atoms. The van der Waals surface area contributed by atoms with Crippen molar-refractivity contribution in [2.24, 2.45) is 0 Å². The Balaban J connectivity index is 3.67. The molecule has 2 N–H and O–H groups in total. The van der Waals surface area contributed by atoms with Gasteiger partial charge < -0.3 is 14.8 Å². The van der Waals surface area contributed by atoms with Crippen molar-refractivity contribution in [3.8, 4) is 0 Å². The summed E-state index contributed by atoms with van der Waals surface area (Å²) in [5.74, 6) is -1.11. The van der Waals surface area contributed by atoms with Gasteiger partial charge in [-0.15, -0.1) is 11.3 Å². The van der Waals surface area contributed by atoms with Crippen molar-refractivity contribution < 1.29 is 45.4 Å². The summed E-state index contributed by atoms with van der Waals surface area (Å²) in [7, 11) is 0.941. The lowest BCUT2D eigenvalue weighted by Gasteiger charge is -2.38. The number of nitrogens with one attached hydrogen (secondary N) is 2. The normalized spacial score (nSPS) is 12.5. The van der Waals surface area contributed by atoms with Crippen LogP contribution in [-0.2, 0) is 15.9 Å². The number of alkyl carbamates (subject to hydrolysis) is 1. The number of halogens is 6. The van der Waals surface area contributed by atoms with Crippen LogP contribution in [0.25, 0.3) is 0 Å². The minimum Gasteiger partial charge on any atom is -0.465 e. The number of aryl methyl sites for hydroxylation is 1. The van der Waals surface area contributed by atoms with Crippen LogP contribution in [0.15, 0.2) is 0 Å². The van der Waals surface area contributed by atoms with E-state index < -0.39 is 47.2 Å². The van der Waals surface area contributed by atoms with Crippen LogP contribution < -0.4 is 10.6 Å². The second-order valence-electron chi connectivity index (χ2n) is 5.40. The number of methoxy groups -OCH3 is 1. The lowest BCUT2D eigenvalue weighted by atomic mass is 10.1. The number of thiophene rings is 1. The Bertz CT molecular complexity index is 715. The fraction of sp³-hybridized carbons (Fsp3) is 0.600. The van der Waals surface area contributed by atoms with Crippen molar-refractivity contribution in [1.29, 1.82) is 0 Å². The molecule has 6 nitrogen and oxygen atoms in total. The van der Waals surface area contributed by atoms with Gasteiger partial charge in [-0.1, -0.05) is 6.92 Å². The summed E-state index contributed by atoms with van der Waals surface area (Å²) in [4.78, 5) is 23.8. The predicted octanol–water partition coefficient (Wildman–Crippen LogP) is 4.38. The molecule has 13 heteroatoms. The third-order valence-corrected chi connectivity index (χ3v) is 4.73. The van der Waals surface area contributed by atoms with Gasteiger partial charge in [-0.3, -0.25) is 5.32 Å². The fourth-order valence-electron chi connectivity index (χ4n) is 2.38. The van der Waals surface area contributed by atoms with Gasteiger partial charge in [0, 0.05) is 4.88 Å². The van der Waals surface area contributed by atoms with Gasteiger partial charge in [0.05, 0.1) is 19.3 Å². The number of alkyl halides is 6. The molecule has 1 rings (SSSR count). The van der Waals surface area contributed by atoms with E-state index in [2.05, 4.69) is 9.47 Å². The summed E-state index contributed by atoms with van der Waals surface area (Å²) >= 11 is 0.505. The molecule has 0 aliphatic heterocycles. The number of anilines is 1. The van der Waals surface area contributed by atoms with Gasteiger partial charge in [0.1, 0.15) is 5.00 Å². The van der Waals surface area contributed by atoms with Crippen LogP contribution in [-0.4, -0.2) is 43.8 Å². The quantitative estimate of drug-likeness (QED) is 0.393. The van der Waals surface area contributed by atoms with Gasteiger partial charge in [0.25, 0.3) is 0 Å². The number of amides is 1. The lowest BCUT2D eigenvalue weighted by molar-refractivity contribution is -0.294. The molecule has 0 aliphatic rings. The fourth-order valence-corrected chi connectivity index (χ4v) is 3.57. The molecule has 0 aromatic carbocycles. The third kappa shape index (κ3) is 4.45. The van der Waals surface area contributed by atoms with E-state index in [1.807, 2.05) is 0 Å². The van der Waals surface area contributed by atoms with E-state index in [9.17, 15) is 35.9 Å². The SMILES string of the molecule is CCOC(=O)NC(Nc1sc(C)c(CC)c1C(=O)OC)(C(F)(F)F)C(F)(F)F. The monoisotopic (exact) mass is 436 g/mol. The molecule has 1 heterocycles. The summed E-state index contributed by atoms with van der Waals surface area (Å²) in [6.07, 6.45) is -13.8. The van der Waals surface area contributed by atoms with Crippen LogP contribution >= 0.6 is 11.3 Å². The molecule has 1 amide bonds. The number of hydrogen-bond donors (Lipinski definition) is 2. The van der Waals surface area contributed by atoms with E-state index >= 15 is 0 Å². The number of hydrogen-bond acceptors (Lipinski definition) is 6. The first-order chi connectivity index (χ1) is 12.8. The Morgan fingerprint density at radius 2 is 1.61 bits per heavy atom. The van der Waals surface area contributed by atoms with E-state index in [0.717, 1.165) is 12.4 Å². The molecule has 0 bridgehead atoms. The van der Waals surface area contributed by atoms with Crippen LogP contribution in [0.1, 0.15) is 34.6 Å². The zero-order valence-electron chi connectivity index (χ0n) is 15.2. The Morgan fingerprint density at radius 3 is 2.00 bits per heavy atom. The van der Waals surface area contributed by atoms with E-state index in [-0.39, 0.29) is 12.0 Å². The number of esters is 1. The number of carbonyl (C=O) groups is 2. The van der Waals surface area contributed by atoms with Crippen molar-refractivity contribution in [1.82, 2.24) is 5.32 Å². The van der Waals surface area contributed by atoms with E-state index in [1.54, 1.807) is 6.92 Å². The Morgan fingerprint density at radius 1 is 1.07 bits per heavy atom. The summed E-state index contributed by atoms with van der Waals surface area (Å²) in [5.41, 5.74) is -5.12. The molecule has 1 aromatic rings. The van der Waals surface area contributed by atoms with Crippen LogP contribution in [0.5, 0.6) is 0 Å². The summed E-state index contributed by atoms with van der Waals surface area (Å²) in [6, 6.07) is 0. The molecule has 0 atom stereocenters. The highest BCUT2D eigenvalue weighted by molar-refractivity contribution is 7.16. The Labute approximate surface area is 160 Å². The molecule has 0 unspecified atom stereocenters. The molecular weight excluding hydrogens is 418 g/mol. The van der Waals surface area contributed by atoms with Crippen LogP contribution in [0.2, 0.25) is 0 Å². The van der Waals surface area contributed by atoms with Crippen molar-refractivity contribution in [2.75, 3.05) is 19.0 Å². The van der Waals surface area contributed by atoms with Gasteiger partial charge in [-0.25, -0.2) is 9.59 Å². The van der Waals surface area contributed by atoms with E-state index in [1.165, 1.54) is 19.2 Å². The molecule has 0 saturated heterocycles. The highest BCUT2D eigenvalue weighted by atomic mass is 32.1. The van der Waals surface area contributed by atoms with Crippen molar-refractivity contribution in [3.05, 3.63) is 16.0 Å². The topological polar surface area (TPSA) is 76.7 Å².